The van der Waals surface area contributed by atoms with Crippen molar-refractivity contribution in [1.82, 2.24) is 4.98 Å². The van der Waals surface area contributed by atoms with Crippen LogP contribution in [0.5, 0.6) is 0 Å². The number of halogens is 1. The van der Waals surface area contributed by atoms with Crippen LogP contribution in [-0.2, 0) is 0 Å². The third-order valence-corrected chi connectivity index (χ3v) is 4.77. The summed E-state index contributed by atoms with van der Waals surface area (Å²) in [4.78, 5) is 15.7. The molecule has 0 aliphatic heterocycles. The van der Waals surface area contributed by atoms with Gasteiger partial charge in [0, 0.05) is 22.3 Å². The molecule has 0 saturated carbocycles. The highest BCUT2D eigenvalue weighted by molar-refractivity contribution is 8.14. The van der Waals surface area contributed by atoms with Crippen molar-refractivity contribution < 1.29 is 4.92 Å². The molecule has 0 unspecified atom stereocenters. The van der Waals surface area contributed by atoms with E-state index in [2.05, 4.69) is 4.98 Å². The summed E-state index contributed by atoms with van der Waals surface area (Å²) in [5.74, 6) is 0.0993. The first-order chi connectivity index (χ1) is 13.5. The van der Waals surface area contributed by atoms with Crippen LogP contribution in [0.15, 0.2) is 78.0 Å². The van der Waals surface area contributed by atoms with Gasteiger partial charge in [-0.1, -0.05) is 29.8 Å². The second-order valence-corrected chi connectivity index (χ2v) is 6.99. The fraction of sp³-hybridized carbons (Fsp3) is 0. The van der Waals surface area contributed by atoms with Gasteiger partial charge in [-0.15, -0.1) is 0 Å². The van der Waals surface area contributed by atoms with Crippen LogP contribution in [-0.4, -0.2) is 20.9 Å². The lowest BCUT2D eigenvalue weighted by molar-refractivity contribution is -0.385. The molecule has 7 nitrogen and oxygen atoms in total. The maximum atomic E-state index is 10.8. The Labute approximate surface area is 170 Å². The molecule has 1 heterocycles. The maximum Gasteiger partial charge on any atom is 0.287 e. The Hall–Kier alpha value is -3.23. The summed E-state index contributed by atoms with van der Waals surface area (Å²) in [7, 11) is 0. The van der Waals surface area contributed by atoms with Gasteiger partial charge in [0.25, 0.3) is 5.69 Å². The zero-order valence-electron chi connectivity index (χ0n) is 14.4. The molecule has 3 aromatic rings. The van der Waals surface area contributed by atoms with Gasteiger partial charge >= 0.3 is 0 Å². The number of anilines is 1. The lowest BCUT2D eigenvalue weighted by Gasteiger charge is -2.25. The molecule has 0 aliphatic carbocycles. The lowest BCUT2D eigenvalue weighted by Crippen LogP contribution is -2.34. The van der Waals surface area contributed by atoms with Crippen molar-refractivity contribution in [3.05, 3.63) is 93.6 Å². The molecule has 0 spiro atoms. The Morgan fingerprint density at radius 3 is 2.29 bits per heavy atom. The molecule has 0 aliphatic rings. The number of nitrogens with one attached hydrogen (secondary N) is 2. The summed E-state index contributed by atoms with van der Waals surface area (Å²) < 4.78 is 0. The SMILES string of the molecule is N=C(Sc1ccc([N+](=O)[O-])cn1)N(C(=N)c1ccc(Cl)cc1)c1ccccc1. The normalized spacial score (nSPS) is 10.3. The van der Waals surface area contributed by atoms with Crippen LogP contribution >= 0.6 is 23.4 Å². The molecule has 0 saturated heterocycles. The third kappa shape index (κ3) is 4.54. The highest BCUT2D eigenvalue weighted by Gasteiger charge is 2.21. The first kappa shape index (κ1) is 19.5. The molecule has 3 rings (SSSR count). The predicted molar refractivity (Wildman–Crippen MR) is 112 cm³/mol. The van der Waals surface area contributed by atoms with Crippen LogP contribution in [0, 0.1) is 20.9 Å². The molecule has 9 heteroatoms. The quantitative estimate of drug-likeness (QED) is 0.201. The number of pyridine rings is 1. The van der Waals surface area contributed by atoms with E-state index in [1.807, 2.05) is 18.2 Å². The Balaban J connectivity index is 1.90. The molecule has 0 amide bonds. The van der Waals surface area contributed by atoms with Crippen molar-refractivity contribution in [3.63, 3.8) is 0 Å². The number of rotatable bonds is 4. The molecule has 2 N–H and O–H groups in total. The number of hydrogen-bond acceptors (Lipinski definition) is 6. The third-order valence-electron chi connectivity index (χ3n) is 3.69. The van der Waals surface area contributed by atoms with Crippen molar-refractivity contribution in [2.75, 3.05) is 4.90 Å². The minimum Gasteiger partial charge on any atom is -0.283 e. The maximum absolute atomic E-state index is 10.8. The summed E-state index contributed by atoms with van der Waals surface area (Å²) in [6.07, 6.45) is 1.15. The Morgan fingerprint density at radius 2 is 1.71 bits per heavy atom. The van der Waals surface area contributed by atoms with E-state index < -0.39 is 4.92 Å². The molecule has 0 bridgehead atoms. The minimum atomic E-state index is -0.529. The molecule has 140 valence electrons. The van der Waals surface area contributed by atoms with Crippen molar-refractivity contribution in [1.29, 1.82) is 10.8 Å². The highest BCUT2D eigenvalue weighted by Crippen LogP contribution is 2.26. The molecular formula is C19H14ClN5O2S. The Bertz CT molecular complexity index is 1010. The van der Waals surface area contributed by atoms with Crippen molar-refractivity contribution in [2.24, 2.45) is 0 Å². The standard InChI is InChI=1S/C19H14ClN5O2S/c20-14-8-6-13(7-9-14)18(21)24(15-4-2-1-3-5-15)19(22)28-17-11-10-16(12-23-17)25(26)27/h1-12,21-22H. The number of nitro groups is 1. The summed E-state index contributed by atoms with van der Waals surface area (Å²) in [6, 6.07) is 18.7. The second-order valence-electron chi connectivity index (χ2n) is 5.55. The van der Waals surface area contributed by atoms with Gasteiger partial charge in [0.2, 0.25) is 0 Å². The average Bonchev–Trinajstić information content (AvgIpc) is 2.70. The summed E-state index contributed by atoms with van der Waals surface area (Å²) in [5, 5.41) is 28.9. The van der Waals surface area contributed by atoms with E-state index in [4.69, 9.17) is 22.4 Å². The first-order valence-corrected chi connectivity index (χ1v) is 9.21. The van der Waals surface area contributed by atoms with Gasteiger partial charge in [-0.3, -0.25) is 25.8 Å². The van der Waals surface area contributed by atoms with Gasteiger partial charge < -0.3 is 0 Å². The van der Waals surface area contributed by atoms with E-state index in [9.17, 15) is 10.1 Å². The van der Waals surface area contributed by atoms with Gasteiger partial charge in [-0.05, 0) is 54.2 Å². The van der Waals surface area contributed by atoms with Crippen molar-refractivity contribution >= 4 is 45.7 Å². The van der Waals surface area contributed by atoms with Crippen LogP contribution in [0.4, 0.5) is 11.4 Å². The average molecular weight is 412 g/mol. The Morgan fingerprint density at radius 1 is 1.04 bits per heavy atom. The van der Waals surface area contributed by atoms with Crippen molar-refractivity contribution in [3.8, 4) is 0 Å². The van der Waals surface area contributed by atoms with Crippen LogP contribution in [0.3, 0.4) is 0 Å². The molecule has 0 atom stereocenters. The number of nitrogens with zero attached hydrogens (tertiary/aromatic N) is 3. The summed E-state index contributed by atoms with van der Waals surface area (Å²) in [6.45, 7) is 0. The molecule has 2 aromatic carbocycles. The fourth-order valence-electron chi connectivity index (χ4n) is 2.35. The van der Waals surface area contributed by atoms with E-state index in [0.29, 0.717) is 21.3 Å². The molecule has 1 aromatic heterocycles. The zero-order chi connectivity index (χ0) is 20.1. The van der Waals surface area contributed by atoms with E-state index in [0.717, 1.165) is 18.0 Å². The zero-order valence-corrected chi connectivity index (χ0v) is 15.9. The van der Waals surface area contributed by atoms with E-state index in [1.165, 1.54) is 17.0 Å². The summed E-state index contributed by atoms with van der Waals surface area (Å²) >= 11 is 6.93. The minimum absolute atomic E-state index is 0.0347. The van der Waals surface area contributed by atoms with Crippen LogP contribution < -0.4 is 4.90 Å². The van der Waals surface area contributed by atoms with Gasteiger partial charge in [-0.25, -0.2) is 4.98 Å². The lowest BCUT2D eigenvalue weighted by atomic mass is 10.2. The van der Waals surface area contributed by atoms with Crippen molar-refractivity contribution in [2.45, 2.75) is 5.03 Å². The smallest absolute Gasteiger partial charge is 0.283 e. The monoisotopic (exact) mass is 411 g/mol. The largest absolute Gasteiger partial charge is 0.287 e. The second kappa shape index (κ2) is 8.64. The number of para-hydroxylation sites is 1. The highest BCUT2D eigenvalue weighted by atomic mass is 35.5. The summed E-state index contributed by atoms with van der Waals surface area (Å²) in [5.41, 5.74) is 1.11. The fourth-order valence-corrected chi connectivity index (χ4v) is 3.20. The van der Waals surface area contributed by atoms with E-state index in [-0.39, 0.29) is 16.7 Å². The molecule has 0 radical (unpaired) electrons. The van der Waals surface area contributed by atoms with Crippen LogP contribution in [0.25, 0.3) is 0 Å². The van der Waals surface area contributed by atoms with Gasteiger partial charge in [0.15, 0.2) is 5.17 Å². The Kier molecular flexibility index (Phi) is 6.03. The number of aromatic nitrogens is 1. The number of hydrogen-bond donors (Lipinski definition) is 2. The van der Waals surface area contributed by atoms with Gasteiger partial charge in [0.05, 0.1) is 4.92 Å². The number of amidine groups is 2. The number of benzene rings is 2. The molecule has 28 heavy (non-hydrogen) atoms. The van der Waals surface area contributed by atoms with Crippen LogP contribution in [0.1, 0.15) is 5.56 Å². The topological polar surface area (TPSA) is 107 Å². The molecule has 0 fully saturated rings. The first-order valence-electron chi connectivity index (χ1n) is 8.02. The molecular weight excluding hydrogens is 398 g/mol. The van der Waals surface area contributed by atoms with E-state index >= 15 is 0 Å². The van der Waals surface area contributed by atoms with Gasteiger partial charge in [0.1, 0.15) is 17.1 Å². The predicted octanol–water partition coefficient (Wildman–Crippen LogP) is 5.20. The van der Waals surface area contributed by atoms with Crippen LogP contribution in [0.2, 0.25) is 5.02 Å². The van der Waals surface area contributed by atoms with Gasteiger partial charge in [-0.2, -0.15) is 0 Å². The number of thioether (sulfide) groups is 1. The van der Waals surface area contributed by atoms with E-state index in [1.54, 1.807) is 36.4 Å².